The minimum atomic E-state index is -3.50. The number of aryl methyl sites for hydroxylation is 1. The highest BCUT2D eigenvalue weighted by Crippen LogP contribution is 2.22. The zero-order chi connectivity index (χ0) is 14.0. The van der Waals surface area contributed by atoms with E-state index in [1.807, 2.05) is 6.07 Å². The average Bonchev–Trinajstić information content (AvgIpc) is 2.38. The zero-order valence-corrected chi connectivity index (χ0v) is 12.9. The highest BCUT2D eigenvalue weighted by Gasteiger charge is 2.29. The Kier molecular flexibility index (Phi) is 5.54. The van der Waals surface area contributed by atoms with Gasteiger partial charge in [-0.25, -0.2) is 8.42 Å². The summed E-state index contributed by atoms with van der Waals surface area (Å²) in [7, 11) is -3.50. The molecule has 0 saturated carbocycles. The highest BCUT2D eigenvalue weighted by atomic mass is 35.5. The summed E-state index contributed by atoms with van der Waals surface area (Å²) in [6, 6.07) is 6.52. The zero-order valence-electron chi connectivity index (χ0n) is 11.2. The van der Waals surface area contributed by atoms with E-state index in [0.717, 1.165) is 12.8 Å². The molecule has 1 aliphatic rings. The minimum absolute atomic E-state index is 0. The van der Waals surface area contributed by atoms with Gasteiger partial charge in [-0.15, -0.1) is 12.4 Å². The summed E-state index contributed by atoms with van der Waals surface area (Å²) in [6.07, 6.45) is 1.65. The lowest BCUT2D eigenvalue weighted by atomic mass is 10.1. The summed E-state index contributed by atoms with van der Waals surface area (Å²) in [4.78, 5) is 0.234. The molecule has 0 amide bonds. The highest BCUT2D eigenvalue weighted by molar-refractivity contribution is 7.89. The van der Waals surface area contributed by atoms with Gasteiger partial charge in [0.2, 0.25) is 10.0 Å². The molecule has 1 aromatic carbocycles. The maximum Gasteiger partial charge on any atom is 0.243 e. The van der Waals surface area contributed by atoms with E-state index in [1.54, 1.807) is 19.1 Å². The molecule has 2 N–H and O–H groups in total. The molecular formula is C13H18ClN3O2S. The number of halogens is 1. The maximum atomic E-state index is 12.5. The molecule has 0 bridgehead atoms. The predicted octanol–water partition coefficient (Wildman–Crippen LogP) is 1.40. The van der Waals surface area contributed by atoms with Crippen molar-refractivity contribution < 1.29 is 8.42 Å². The molecule has 0 spiro atoms. The molecular weight excluding hydrogens is 298 g/mol. The normalized spacial score (nSPS) is 19.9. The van der Waals surface area contributed by atoms with Gasteiger partial charge in [-0.2, -0.15) is 9.57 Å². The molecule has 20 heavy (non-hydrogen) atoms. The summed E-state index contributed by atoms with van der Waals surface area (Å²) < 4.78 is 26.4. The fourth-order valence-electron chi connectivity index (χ4n) is 2.26. The topological polar surface area (TPSA) is 87.2 Å². The van der Waals surface area contributed by atoms with Gasteiger partial charge in [0.15, 0.2) is 0 Å². The van der Waals surface area contributed by atoms with Crippen molar-refractivity contribution in [1.29, 1.82) is 5.26 Å². The van der Waals surface area contributed by atoms with E-state index in [-0.39, 0.29) is 23.3 Å². The second-order valence-corrected chi connectivity index (χ2v) is 6.79. The van der Waals surface area contributed by atoms with Gasteiger partial charge < -0.3 is 5.73 Å². The Hall–Kier alpha value is -1.13. The van der Waals surface area contributed by atoms with Crippen LogP contribution in [-0.2, 0) is 10.0 Å². The van der Waals surface area contributed by atoms with Crippen LogP contribution in [0, 0.1) is 18.3 Å². The Labute approximate surface area is 125 Å². The summed E-state index contributed by atoms with van der Waals surface area (Å²) in [5.41, 5.74) is 6.99. The maximum absolute atomic E-state index is 12.5. The number of piperidine rings is 1. The first kappa shape index (κ1) is 16.9. The Morgan fingerprint density at radius 2 is 2.15 bits per heavy atom. The number of rotatable bonds is 2. The summed E-state index contributed by atoms with van der Waals surface area (Å²) in [5, 5.41) is 8.87. The molecule has 0 aliphatic carbocycles. The van der Waals surface area contributed by atoms with Crippen LogP contribution in [0.2, 0.25) is 0 Å². The van der Waals surface area contributed by atoms with Crippen LogP contribution in [0.3, 0.4) is 0 Å². The van der Waals surface area contributed by atoms with Gasteiger partial charge in [-0.05, 0) is 43.5 Å². The van der Waals surface area contributed by atoms with Gasteiger partial charge >= 0.3 is 0 Å². The first-order valence-electron chi connectivity index (χ1n) is 6.21. The molecule has 1 saturated heterocycles. The molecule has 1 atom stereocenters. The van der Waals surface area contributed by atoms with Crippen molar-refractivity contribution in [3.8, 4) is 6.07 Å². The van der Waals surface area contributed by atoms with Crippen molar-refractivity contribution in [3.63, 3.8) is 0 Å². The molecule has 0 aromatic heterocycles. The molecule has 0 unspecified atom stereocenters. The molecule has 7 heteroatoms. The standard InChI is InChI=1S/C13H17N3O2S.ClH/c1-10-7-13(5-4-11(10)8-14)19(17,18)16-6-2-3-12(15)9-16;/h4-5,7,12H,2-3,6,9,15H2,1H3;1H/t12-;/m1./s1. The van der Waals surface area contributed by atoms with Crippen LogP contribution in [0.25, 0.3) is 0 Å². The van der Waals surface area contributed by atoms with Crippen molar-refractivity contribution >= 4 is 22.4 Å². The lowest BCUT2D eigenvalue weighted by Crippen LogP contribution is -2.45. The van der Waals surface area contributed by atoms with Crippen LogP contribution in [0.5, 0.6) is 0 Å². The summed E-state index contributed by atoms with van der Waals surface area (Å²) in [6.45, 7) is 2.61. The van der Waals surface area contributed by atoms with Crippen LogP contribution in [0.1, 0.15) is 24.0 Å². The van der Waals surface area contributed by atoms with Crippen LogP contribution < -0.4 is 5.73 Å². The van der Waals surface area contributed by atoms with Crippen molar-refractivity contribution in [2.75, 3.05) is 13.1 Å². The van der Waals surface area contributed by atoms with Gasteiger partial charge in [0.1, 0.15) is 0 Å². The summed E-state index contributed by atoms with van der Waals surface area (Å²) in [5.74, 6) is 0. The van der Waals surface area contributed by atoms with Crippen molar-refractivity contribution in [3.05, 3.63) is 29.3 Å². The van der Waals surface area contributed by atoms with E-state index in [1.165, 1.54) is 10.4 Å². The van der Waals surface area contributed by atoms with Crippen LogP contribution >= 0.6 is 12.4 Å². The smallest absolute Gasteiger partial charge is 0.243 e. The van der Waals surface area contributed by atoms with E-state index >= 15 is 0 Å². The second kappa shape index (κ2) is 6.55. The lowest BCUT2D eigenvalue weighted by Gasteiger charge is -2.29. The lowest BCUT2D eigenvalue weighted by molar-refractivity contribution is 0.316. The Morgan fingerprint density at radius 3 is 2.70 bits per heavy atom. The Morgan fingerprint density at radius 1 is 1.45 bits per heavy atom. The van der Waals surface area contributed by atoms with E-state index in [9.17, 15) is 8.42 Å². The molecule has 1 heterocycles. The van der Waals surface area contributed by atoms with E-state index in [4.69, 9.17) is 11.0 Å². The van der Waals surface area contributed by atoms with E-state index in [2.05, 4.69) is 0 Å². The molecule has 1 fully saturated rings. The molecule has 5 nitrogen and oxygen atoms in total. The third-order valence-electron chi connectivity index (χ3n) is 3.38. The minimum Gasteiger partial charge on any atom is -0.327 e. The van der Waals surface area contributed by atoms with E-state index in [0.29, 0.717) is 24.2 Å². The summed E-state index contributed by atoms with van der Waals surface area (Å²) >= 11 is 0. The first-order chi connectivity index (χ1) is 8.95. The number of hydrogen-bond donors (Lipinski definition) is 1. The third-order valence-corrected chi connectivity index (χ3v) is 5.24. The fourth-order valence-corrected chi connectivity index (χ4v) is 3.88. The van der Waals surface area contributed by atoms with Crippen LogP contribution in [-0.4, -0.2) is 31.9 Å². The predicted molar refractivity (Wildman–Crippen MR) is 79.1 cm³/mol. The number of nitrogens with two attached hydrogens (primary N) is 1. The van der Waals surface area contributed by atoms with Gasteiger partial charge in [0, 0.05) is 19.1 Å². The number of benzene rings is 1. The monoisotopic (exact) mass is 315 g/mol. The number of nitriles is 1. The SMILES string of the molecule is Cc1cc(S(=O)(=O)N2CCC[C@@H](N)C2)ccc1C#N.Cl. The Bertz CT molecular complexity index is 625. The average molecular weight is 316 g/mol. The van der Waals surface area contributed by atoms with Crippen LogP contribution in [0.15, 0.2) is 23.1 Å². The fraction of sp³-hybridized carbons (Fsp3) is 0.462. The largest absolute Gasteiger partial charge is 0.327 e. The number of hydrogen-bond acceptors (Lipinski definition) is 4. The van der Waals surface area contributed by atoms with Gasteiger partial charge in [-0.1, -0.05) is 0 Å². The van der Waals surface area contributed by atoms with Gasteiger partial charge in [0.05, 0.1) is 16.5 Å². The molecule has 2 rings (SSSR count). The molecule has 110 valence electrons. The van der Waals surface area contributed by atoms with Gasteiger partial charge in [-0.3, -0.25) is 0 Å². The first-order valence-corrected chi connectivity index (χ1v) is 7.65. The molecule has 0 radical (unpaired) electrons. The van der Waals surface area contributed by atoms with Gasteiger partial charge in [0.25, 0.3) is 0 Å². The van der Waals surface area contributed by atoms with E-state index < -0.39 is 10.0 Å². The molecule has 1 aliphatic heterocycles. The third kappa shape index (κ3) is 3.30. The number of nitrogens with zero attached hydrogens (tertiary/aromatic N) is 2. The van der Waals surface area contributed by atoms with Crippen LogP contribution in [0.4, 0.5) is 0 Å². The second-order valence-electron chi connectivity index (χ2n) is 4.85. The quantitative estimate of drug-likeness (QED) is 0.893. The Balaban J connectivity index is 0.00000200. The molecule has 1 aromatic rings. The van der Waals surface area contributed by atoms with Crippen molar-refractivity contribution in [2.45, 2.75) is 30.7 Å². The van der Waals surface area contributed by atoms with Crippen molar-refractivity contribution in [1.82, 2.24) is 4.31 Å². The van der Waals surface area contributed by atoms with Crippen molar-refractivity contribution in [2.24, 2.45) is 5.73 Å². The number of sulfonamides is 1.